The molecule has 1 atom stereocenters. The molecule has 0 aromatic carbocycles. The number of ether oxygens (including phenoxy) is 3. The molecule has 1 saturated heterocycles. The normalized spacial score (nSPS) is 21.3. The van der Waals surface area contributed by atoms with Gasteiger partial charge >= 0.3 is 5.97 Å². The molecule has 0 amide bonds. The van der Waals surface area contributed by atoms with Crippen molar-refractivity contribution in [2.45, 2.75) is 32.5 Å². The largest absolute Gasteiger partial charge is 0.469 e. The first-order chi connectivity index (χ1) is 6.20. The minimum Gasteiger partial charge on any atom is -0.469 e. The summed E-state index contributed by atoms with van der Waals surface area (Å²) in [6, 6.07) is 0. The van der Waals surface area contributed by atoms with Gasteiger partial charge in [-0.15, -0.1) is 0 Å². The Kier molecular flexibility index (Phi) is 7.63. The monoisotopic (exact) mass is 190 g/mol. The highest BCUT2D eigenvalue weighted by atomic mass is 16.7. The van der Waals surface area contributed by atoms with Crippen LogP contribution in [0.3, 0.4) is 0 Å². The predicted octanol–water partition coefficient (Wildman–Crippen LogP) is 1.34. The van der Waals surface area contributed by atoms with Gasteiger partial charge < -0.3 is 14.2 Å². The Bertz CT molecular complexity index is 130. The van der Waals surface area contributed by atoms with E-state index in [1.165, 1.54) is 26.9 Å². The number of hydrogen-bond donors (Lipinski definition) is 0. The van der Waals surface area contributed by atoms with E-state index >= 15 is 0 Å². The molecule has 0 bridgehead atoms. The molecular weight excluding hydrogens is 172 g/mol. The lowest BCUT2D eigenvalue weighted by molar-refractivity contribution is -0.145. The topological polar surface area (TPSA) is 44.8 Å². The second kappa shape index (κ2) is 8.01. The summed E-state index contributed by atoms with van der Waals surface area (Å²) in [5.41, 5.74) is 0. The van der Waals surface area contributed by atoms with E-state index in [2.05, 4.69) is 4.74 Å². The van der Waals surface area contributed by atoms with Gasteiger partial charge in [0.05, 0.1) is 7.11 Å². The van der Waals surface area contributed by atoms with Gasteiger partial charge in [-0.1, -0.05) is 0 Å². The fourth-order valence-electron chi connectivity index (χ4n) is 0.897. The molecule has 1 fully saturated rings. The molecule has 0 N–H and O–H groups in total. The van der Waals surface area contributed by atoms with Crippen LogP contribution in [0.4, 0.5) is 0 Å². The summed E-state index contributed by atoms with van der Waals surface area (Å²) >= 11 is 0. The average Bonchev–Trinajstić information content (AvgIpc) is 2.20. The maximum absolute atomic E-state index is 9.59. The lowest BCUT2D eigenvalue weighted by Crippen LogP contribution is -2.20. The Morgan fingerprint density at radius 3 is 2.23 bits per heavy atom. The van der Waals surface area contributed by atoms with Crippen LogP contribution in [0.2, 0.25) is 0 Å². The molecule has 1 unspecified atom stereocenters. The van der Waals surface area contributed by atoms with E-state index in [1.807, 2.05) is 0 Å². The molecular formula is C9H18O4. The molecule has 4 heteroatoms. The van der Waals surface area contributed by atoms with Crippen LogP contribution in [-0.2, 0) is 19.0 Å². The molecule has 1 heterocycles. The molecule has 1 rings (SSSR count). The summed E-state index contributed by atoms with van der Waals surface area (Å²) in [5, 5.41) is 0. The summed E-state index contributed by atoms with van der Waals surface area (Å²) in [7, 11) is 3.04. The SMILES string of the molecule is COC(C)=O.COC1CCCCO1. The van der Waals surface area contributed by atoms with Crippen molar-refractivity contribution in [1.82, 2.24) is 0 Å². The summed E-state index contributed by atoms with van der Waals surface area (Å²) in [6.45, 7) is 2.23. The third-order valence-electron chi connectivity index (χ3n) is 1.69. The van der Waals surface area contributed by atoms with Crippen LogP contribution in [0.15, 0.2) is 0 Å². The van der Waals surface area contributed by atoms with E-state index in [0.29, 0.717) is 0 Å². The minimum atomic E-state index is -0.245. The average molecular weight is 190 g/mol. The van der Waals surface area contributed by atoms with Gasteiger partial charge in [0.15, 0.2) is 6.29 Å². The van der Waals surface area contributed by atoms with Crippen molar-refractivity contribution in [1.29, 1.82) is 0 Å². The van der Waals surface area contributed by atoms with Crippen LogP contribution >= 0.6 is 0 Å². The highest BCUT2D eigenvalue weighted by Crippen LogP contribution is 2.11. The molecule has 13 heavy (non-hydrogen) atoms. The summed E-state index contributed by atoms with van der Waals surface area (Å²) in [6.07, 6.45) is 3.60. The standard InChI is InChI=1S/C6H12O2.C3H6O2/c1-7-6-4-2-3-5-8-6;1-3(4)5-2/h6H,2-5H2,1H3;1-2H3. The highest BCUT2D eigenvalue weighted by molar-refractivity contribution is 5.65. The van der Waals surface area contributed by atoms with Crippen LogP contribution < -0.4 is 0 Å². The van der Waals surface area contributed by atoms with E-state index in [4.69, 9.17) is 9.47 Å². The molecule has 4 nitrogen and oxygen atoms in total. The van der Waals surface area contributed by atoms with Crippen LogP contribution in [0.25, 0.3) is 0 Å². The van der Waals surface area contributed by atoms with E-state index in [1.54, 1.807) is 7.11 Å². The van der Waals surface area contributed by atoms with Crippen molar-refractivity contribution < 1.29 is 19.0 Å². The molecule has 0 saturated carbocycles. The Hall–Kier alpha value is -0.610. The molecule has 1 aliphatic heterocycles. The molecule has 0 spiro atoms. The smallest absolute Gasteiger partial charge is 0.302 e. The van der Waals surface area contributed by atoms with Crippen molar-refractivity contribution in [3.63, 3.8) is 0 Å². The van der Waals surface area contributed by atoms with Crippen molar-refractivity contribution in [3.8, 4) is 0 Å². The molecule has 78 valence electrons. The molecule has 0 radical (unpaired) electrons. The van der Waals surface area contributed by atoms with Gasteiger partial charge in [-0.2, -0.15) is 0 Å². The first-order valence-corrected chi connectivity index (χ1v) is 4.39. The number of carbonyl (C=O) groups excluding carboxylic acids is 1. The fourth-order valence-corrected chi connectivity index (χ4v) is 0.897. The first kappa shape index (κ1) is 12.4. The summed E-state index contributed by atoms with van der Waals surface area (Å²) in [5.74, 6) is -0.245. The zero-order valence-electron chi connectivity index (χ0n) is 8.54. The van der Waals surface area contributed by atoms with Gasteiger partial charge in [-0.25, -0.2) is 0 Å². The second-order valence-corrected chi connectivity index (χ2v) is 2.73. The van der Waals surface area contributed by atoms with Crippen molar-refractivity contribution in [2.24, 2.45) is 0 Å². The molecule has 0 aliphatic carbocycles. The quantitative estimate of drug-likeness (QED) is 0.585. The van der Waals surface area contributed by atoms with Gasteiger partial charge in [-0.05, 0) is 19.3 Å². The minimum absolute atomic E-state index is 0.0868. The van der Waals surface area contributed by atoms with E-state index in [-0.39, 0.29) is 12.3 Å². The maximum atomic E-state index is 9.59. The lowest BCUT2D eigenvalue weighted by atomic mass is 10.2. The molecule has 0 aromatic heterocycles. The maximum Gasteiger partial charge on any atom is 0.302 e. The Morgan fingerprint density at radius 1 is 1.38 bits per heavy atom. The second-order valence-electron chi connectivity index (χ2n) is 2.73. The number of carbonyl (C=O) groups is 1. The van der Waals surface area contributed by atoms with Gasteiger partial charge in [0, 0.05) is 20.6 Å². The number of rotatable bonds is 1. The lowest BCUT2D eigenvalue weighted by Gasteiger charge is -2.20. The Labute approximate surface area is 79.2 Å². The van der Waals surface area contributed by atoms with Gasteiger partial charge in [0.25, 0.3) is 0 Å². The van der Waals surface area contributed by atoms with Crippen molar-refractivity contribution >= 4 is 5.97 Å². The molecule has 0 aromatic rings. The first-order valence-electron chi connectivity index (χ1n) is 4.39. The van der Waals surface area contributed by atoms with Crippen molar-refractivity contribution in [2.75, 3.05) is 20.8 Å². The predicted molar refractivity (Wildman–Crippen MR) is 48.3 cm³/mol. The van der Waals surface area contributed by atoms with Crippen LogP contribution in [0.1, 0.15) is 26.2 Å². The van der Waals surface area contributed by atoms with E-state index in [0.717, 1.165) is 13.0 Å². The van der Waals surface area contributed by atoms with Crippen LogP contribution in [0.5, 0.6) is 0 Å². The van der Waals surface area contributed by atoms with Crippen molar-refractivity contribution in [3.05, 3.63) is 0 Å². The third kappa shape index (κ3) is 7.74. The van der Waals surface area contributed by atoms with Crippen LogP contribution in [0, 0.1) is 0 Å². The van der Waals surface area contributed by atoms with E-state index < -0.39 is 0 Å². The molecule has 1 aliphatic rings. The fraction of sp³-hybridized carbons (Fsp3) is 0.889. The van der Waals surface area contributed by atoms with Gasteiger partial charge in [0.2, 0.25) is 0 Å². The number of hydrogen-bond acceptors (Lipinski definition) is 4. The Morgan fingerprint density at radius 2 is 2.00 bits per heavy atom. The zero-order valence-corrected chi connectivity index (χ0v) is 8.54. The Balaban J connectivity index is 0.000000252. The van der Waals surface area contributed by atoms with Gasteiger partial charge in [0.1, 0.15) is 0 Å². The number of esters is 1. The zero-order chi connectivity index (χ0) is 10.1. The highest BCUT2D eigenvalue weighted by Gasteiger charge is 2.10. The third-order valence-corrected chi connectivity index (χ3v) is 1.69. The summed E-state index contributed by atoms with van der Waals surface area (Å²) < 4.78 is 14.3. The van der Waals surface area contributed by atoms with E-state index in [9.17, 15) is 4.79 Å². The van der Waals surface area contributed by atoms with Crippen LogP contribution in [-0.4, -0.2) is 33.1 Å². The summed E-state index contributed by atoms with van der Waals surface area (Å²) in [4.78, 5) is 9.59. The number of methoxy groups -OCH3 is 2. The van der Waals surface area contributed by atoms with Gasteiger partial charge in [-0.3, -0.25) is 4.79 Å².